The maximum Gasteiger partial charge on any atom is 0.325 e. The van der Waals surface area contributed by atoms with Crippen LogP contribution in [0.4, 0.5) is 5.69 Å². The first-order chi connectivity index (χ1) is 10.3. The number of nitrogens with one attached hydrogen (secondary N) is 1. The Labute approximate surface area is 128 Å². The Morgan fingerprint density at radius 3 is 2.50 bits per heavy atom. The van der Waals surface area contributed by atoms with E-state index in [1.54, 1.807) is 38.1 Å². The Kier molecular flexibility index (Phi) is 4.51. The van der Waals surface area contributed by atoms with Crippen molar-refractivity contribution in [2.45, 2.75) is 26.1 Å². The van der Waals surface area contributed by atoms with Crippen LogP contribution >= 0.6 is 0 Å². The highest BCUT2D eigenvalue weighted by atomic mass is 32.2. The van der Waals surface area contributed by atoms with Crippen LogP contribution in [0.1, 0.15) is 17.0 Å². The molecule has 0 fully saturated rings. The third-order valence-corrected chi connectivity index (χ3v) is 4.35. The molecule has 2 rings (SSSR count). The smallest absolute Gasteiger partial charge is 0.325 e. The molecule has 0 aliphatic heterocycles. The molecule has 0 saturated heterocycles. The largest absolute Gasteiger partial charge is 0.480 e. The van der Waals surface area contributed by atoms with Crippen LogP contribution in [-0.2, 0) is 27.1 Å². The van der Waals surface area contributed by atoms with Crippen LogP contribution in [0, 0.1) is 13.8 Å². The van der Waals surface area contributed by atoms with Crippen molar-refractivity contribution in [1.29, 1.82) is 0 Å². The number of rotatable bonds is 6. The molecule has 7 nitrogen and oxygen atoms in total. The van der Waals surface area contributed by atoms with Gasteiger partial charge in [0.15, 0.2) is 0 Å². The summed E-state index contributed by atoms with van der Waals surface area (Å²) >= 11 is 0. The first-order valence-electron chi connectivity index (χ1n) is 6.59. The molecule has 22 heavy (non-hydrogen) atoms. The highest BCUT2D eigenvalue weighted by molar-refractivity contribution is 7.91. The summed E-state index contributed by atoms with van der Waals surface area (Å²) in [5.74, 6) is -1.19. The van der Waals surface area contributed by atoms with Gasteiger partial charge >= 0.3 is 5.97 Å². The van der Waals surface area contributed by atoms with Gasteiger partial charge in [-0.3, -0.25) is 14.2 Å². The predicted octanol–water partition coefficient (Wildman–Crippen LogP) is 1.53. The zero-order valence-corrected chi connectivity index (χ0v) is 13.1. The number of carboxylic acid groups (broad SMARTS) is 1. The van der Waals surface area contributed by atoms with Gasteiger partial charge in [0.1, 0.15) is 6.54 Å². The van der Waals surface area contributed by atoms with Crippen LogP contribution in [0.2, 0.25) is 0 Å². The summed E-state index contributed by atoms with van der Waals surface area (Å²) in [5, 5.41) is 12.9. The van der Waals surface area contributed by atoms with Gasteiger partial charge in [-0.05, 0) is 19.4 Å². The Hall–Kier alpha value is -2.35. The van der Waals surface area contributed by atoms with E-state index in [0.717, 1.165) is 0 Å². The molecule has 2 aromatic rings. The van der Waals surface area contributed by atoms with E-state index in [0.29, 0.717) is 22.6 Å². The minimum atomic E-state index is -3.60. The average Bonchev–Trinajstić information content (AvgIpc) is 2.66. The fourth-order valence-electron chi connectivity index (χ4n) is 2.11. The number of aryl methyl sites for hydroxylation is 1. The SMILES string of the molecule is Cc1nn(CC(=O)O)c(C)c1NS(=O)(=O)Cc1ccccc1. The zero-order valence-electron chi connectivity index (χ0n) is 12.3. The second kappa shape index (κ2) is 6.18. The summed E-state index contributed by atoms with van der Waals surface area (Å²) in [4.78, 5) is 10.8. The van der Waals surface area contributed by atoms with Crippen molar-refractivity contribution in [1.82, 2.24) is 9.78 Å². The van der Waals surface area contributed by atoms with E-state index >= 15 is 0 Å². The third-order valence-electron chi connectivity index (χ3n) is 3.12. The summed E-state index contributed by atoms with van der Waals surface area (Å²) < 4.78 is 28.2. The van der Waals surface area contributed by atoms with Gasteiger partial charge in [0.25, 0.3) is 0 Å². The quantitative estimate of drug-likeness (QED) is 0.839. The van der Waals surface area contributed by atoms with Crippen molar-refractivity contribution < 1.29 is 18.3 Å². The molecule has 0 radical (unpaired) electrons. The Morgan fingerprint density at radius 2 is 1.91 bits per heavy atom. The number of carboxylic acids is 1. The highest BCUT2D eigenvalue weighted by Crippen LogP contribution is 2.21. The van der Waals surface area contributed by atoms with Crippen molar-refractivity contribution >= 4 is 21.7 Å². The summed E-state index contributed by atoms with van der Waals surface area (Å²) in [6, 6.07) is 8.81. The molecule has 1 aromatic heterocycles. The number of hydrogen-bond donors (Lipinski definition) is 2. The summed E-state index contributed by atoms with van der Waals surface area (Å²) in [7, 11) is -3.60. The average molecular weight is 323 g/mol. The van der Waals surface area contributed by atoms with Crippen LogP contribution in [0.15, 0.2) is 30.3 Å². The topological polar surface area (TPSA) is 101 Å². The molecular weight excluding hydrogens is 306 g/mol. The van der Waals surface area contributed by atoms with Crippen molar-refractivity contribution in [3.05, 3.63) is 47.3 Å². The van der Waals surface area contributed by atoms with Gasteiger partial charge in [-0.25, -0.2) is 8.42 Å². The number of benzene rings is 1. The molecule has 1 aromatic carbocycles. The number of aliphatic carboxylic acids is 1. The number of anilines is 1. The lowest BCUT2D eigenvalue weighted by Gasteiger charge is -2.08. The van der Waals surface area contributed by atoms with Crippen molar-refractivity contribution in [3.63, 3.8) is 0 Å². The van der Waals surface area contributed by atoms with E-state index in [2.05, 4.69) is 9.82 Å². The minimum Gasteiger partial charge on any atom is -0.480 e. The standard InChI is InChI=1S/C14H17N3O4S/c1-10-14(11(2)17(15-10)8-13(18)19)16-22(20,21)9-12-6-4-3-5-7-12/h3-7,16H,8-9H2,1-2H3,(H,18,19). The summed E-state index contributed by atoms with van der Waals surface area (Å²) in [6.07, 6.45) is 0. The van der Waals surface area contributed by atoms with Gasteiger partial charge in [-0.2, -0.15) is 5.10 Å². The van der Waals surface area contributed by atoms with Crippen molar-refractivity contribution in [2.24, 2.45) is 0 Å². The fraction of sp³-hybridized carbons (Fsp3) is 0.286. The lowest BCUT2D eigenvalue weighted by molar-refractivity contribution is -0.137. The van der Waals surface area contributed by atoms with Crippen molar-refractivity contribution in [2.75, 3.05) is 4.72 Å². The highest BCUT2D eigenvalue weighted by Gasteiger charge is 2.19. The first-order valence-corrected chi connectivity index (χ1v) is 8.24. The van der Waals surface area contributed by atoms with E-state index in [9.17, 15) is 13.2 Å². The van der Waals surface area contributed by atoms with Crippen LogP contribution in [0.25, 0.3) is 0 Å². The first kappa shape index (κ1) is 16.0. The summed E-state index contributed by atoms with van der Waals surface area (Å²) in [6.45, 7) is 2.95. The van der Waals surface area contributed by atoms with Crippen LogP contribution in [0.5, 0.6) is 0 Å². The molecule has 118 valence electrons. The van der Waals surface area contributed by atoms with Gasteiger partial charge in [-0.15, -0.1) is 0 Å². The van der Waals surface area contributed by atoms with E-state index in [1.807, 2.05) is 6.07 Å². The number of carbonyl (C=O) groups is 1. The van der Waals surface area contributed by atoms with Crippen LogP contribution < -0.4 is 4.72 Å². The molecule has 8 heteroatoms. The van der Waals surface area contributed by atoms with E-state index in [1.165, 1.54) is 4.68 Å². The number of aromatic nitrogens is 2. The third kappa shape index (κ3) is 3.85. The maximum absolute atomic E-state index is 12.2. The normalized spacial score (nSPS) is 11.4. The molecule has 2 N–H and O–H groups in total. The van der Waals surface area contributed by atoms with Gasteiger partial charge in [0.05, 0.1) is 22.8 Å². The molecule has 1 heterocycles. The monoisotopic (exact) mass is 323 g/mol. The van der Waals surface area contributed by atoms with Crippen molar-refractivity contribution in [3.8, 4) is 0 Å². The van der Waals surface area contributed by atoms with Gasteiger partial charge in [0.2, 0.25) is 10.0 Å². The Balaban J connectivity index is 2.23. The number of hydrogen-bond acceptors (Lipinski definition) is 4. The van der Waals surface area contributed by atoms with Crippen LogP contribution in [-0.4, -0.2) is 29.3 Å². The lowest BCUT2D eigenvalue weighted by Crippen LogP contribution is -2.16. The second-order valence-electron chi connectivity index (χ2n) is 4.94. The van der Waals surface area contributed by atoms with E-state index in [4.69, 9.17) is 5.11 Å². The second-order valence-corrected chi connectivity index (χ2v) is 6.67. The summed E-state index contributed by atoms with van der Waals surface area (Å²) in [5.41, 5.74) is 1.91. The van der Waals surface area contributed by atoms with E-state index < -0.39 is 16.0 Å². The van der Waals surface area contributed by atoms with Gasteiger partial charge < -0.3 is 5.11 Å². The van der Waals surface area contributed by atoms with E-state index in [-0.39, 0.29) is 12.3 Å². The molecular formula is C14H17N3O4S. The molecule has 0 unspecified atom stereocenters. The number of nitrogens with zero attached hydrogens (tertiary/aromatic N) is 2. The molecule has 0 bridgehead atoms. The molecule has 0 saturated carbocycles. The molecule has 0 aliphatic carbocycles. The molecule has 0 aliphatic rings. The molecule has 0 atom stereocenters. The lowest BCUT2D eigenvalue weighted by atomic mass is 10.2. The molecule has 0 amide bonds. The Bertz CT molecular complexity index is 782. The number of sulfonamides is 1. The van der Waals surface area contributed by atoms with Gasteiger partial charge in [0, 0.05) is 0 Å². The minimum absolute atomic E-state index is 0.156. The van der Waals surface area contributed by atoms with Crippen LogP contribution in [0.3, 0.4) is 0 Å². The zero-order chi connectivity index (χ0) is 16.3. The molecule has 0 spiro atoms. The maximum atomic E-state index is 12.2. The Morgan fingerprint density at radius 1 is 1.27 bits per heavy atom. The predicted molar refractivity (Wildman–Crippen MR) is 82.0 cm³/mol. The van der Waals surface area contributed by atoms with Gasteiger partial charge in [-0.1, -0.05) is 30.3 Å². The fourth-order valence-corrected chi connectivity index (χ4v) is 3.42.